The van der Waals surface area contributed by atoms with E-state index in [4.69, 9.17) is 11.6 Å². The van der Waals surface area contributed by atoms with Crippen molar-refractivity contribution in [3.8, 4) is 0 Å². The average molecular weight is 429 g/mol. The zero-order valence-electron chi connectivity index (χ0n) is 14.3. The van der Waals surface area contributed by atoms with Gasteiger partial charge in [-0.2, -0.15) is 0 Å². The van der Waals surface area contributed by atoms with E-state index in [9.17, 15) is 5.11 Å². The maximum atomic E-state index is 11.0. The van der Waals surface area contributed by atoms with Gasteiger partial charge < -0.3 is 5.11 Å². The minimum Gasteiger partial charge on any atom is -0.384 e. The molecular weight excluding hydrogens is 410 g/mol. The Hall–Kier alpha value is -1.68. The summed E-state index contributed by atoms with van der Waals surface area (Å²) in [6, 6.07) is 5.95. The molecule has 0 saturated heterocycles. The number of aliphatic hydroxyl groups is 1. The van der Waals surface area contributed by atoms with Crippen LogP contribution in [0.3, 0.4) is 0 Å². The summed E-state index contributed by atoms with van der Waals surface area (Å²) >= 11 is 9.98. The minimum atomic E-state index is -0.681. The van der Waals surface area contributed by atoms with Crippen LogP contribution < -0.4 is 0 Å². The van der Waals surface area contributed by atoms with Crippen LogP contribution in [-0.2, 0) is 0 Å². The number of benzene rings is 1. The van der Waals surface area contributed by atoms with E-state index in [1.807, 2.05) is 24.3 Å². The molecule has 0 amide bonds. The highest BCUT2D eigenvalue weighted by Crippen LogP contribution is 2.38. The number of aliphatic hydroxyl groups excluding tert-OH is 1. The molecule has 26 heavy (non-hydrogen) atoms. The molecule has 0 saturated carbocycles. The lowest BCUT2D eigenvalue weighted by Crippen LogP contribution is -2.06. The highest BCUT2D eigenvalue weighted by Gasteiger charge is 2.21. The SMILES string of the molecule is OC(C1=CC=CCC1)c1cc(Br)cc2c(C3=CC=CCC3)cc(Cl)nc12. The highest BCUT2D eigenvalue weighted by atomic mass is 79.9. The molecular formula is C22H19BrClNO. The van der Waals surface area contributed by atoms with Crippen molar-refractivity contribution in [3.63, 3.8) is 0 Å². The molecule has 4 heteroatoms. The first kappa shape index (κ1) is 17.7. The zero-order chi connectivity index (χ0) is 18.1. The summed E-state index contributed by atoms with van der Waals surface area (Å²) in [5.74, 6) is 0. The number of allylic oxidation sites excluding steroid dienone is 7. The number of pyridine rings is 1. The lowest BCUT2D eigenvalue weighted by atomic mass is 9.90. The molecule has 0 spiro atoms. The van der Waals surface area contributed by atoms with Gasteiger partial charge in [0.15, 0.2) is 0 Å². The normalized spacial score (nSPS) is 18.0. The van der Waals surface area contributed by atoms with Crippen molar-refractivity contribution >= 4 is 44.0 Å². The molecule has 0 radical (unpaired) electrons. The monoisotopic (exact) mass is 427 g/mol. The van der Waals surface area contributed by atoms with E-state index in [-0.39, 0.29) is 0 Å². The van der Waals surface area contributed by atoms with E-state index in [1.165, 1.54) is 5.57 Å². The van der Waals surface area contributed by atoms with Crippen molar-refractivity contribution in [2.45, 2.75) is 31.8 Å². The molecule has 2 aromatic rings. The molecule has 132 valence electrons. The third-order valence-electron chi connectivity index (χ3n) is 4.93. The van der Waals surface area contributed by atoms with Crippen LogP contribution in [0.15, 0.2) is 64.7 Å². The van der Waals surface area contributed by atoms with Crippen LogP contribution in [0.2, 0.25) is 5.15 Å². The van der Waals surface area contributed by atoms with Crippen LogP contribution in [0.4, 0.5) is 0 Å². The minimum absolute atomic E-state index is 0.455. The molecule has 1 N–H and O–H groups in total. The van der Waals surface area contributed by atoms with E-state index in [0.717, 1.165) is 57.8 Å². The third kappa shape index (κ3) is 3.44. The Morgan fingerprint density at radius 3 is 2.50 bits per heavy atom. The predicted octanol–water partition coefficient (Wildman–Crippen LogP) is 6.69. The van der Waals surface area contributed by atoms with Crippen molar-refractivity contribution in [1.29, 1.82) is 0 Å². The summed E-state index contributed by atoms with van der Waals surface area (Å²) in [7, 11) is 0. The summed E-state index contributed by atoms with van der Waals surface area (Å²) in [4.78, 5) is 4.58. The fraction of sp³-hybridized carbons (Fsp3) is 0.227. The van der Waals surface area contributed by atoms with Gasteiger partial charge in [0.25, 0.3) is 0 Å². The van der Waals surface area contributed by atoms with Gasteiger partial charge in [0.1, 0.15) is 11.3 Å². The topological polar surface area (TPSA) is 33.1 Å². The van der Waals surface area contributed by atoms with Gasteiger partial charge in [-0.25, -0.2) is 4.98 Å². The highest BCUT2D eigenvalue weighted by molar-refractivity contribution is 9.10. The first-order valence-corrected chi connectivity index (χ1v) is 10.00. The lowest BCUT2D eigenvalue weighted by Gasteiger charge is -2.20. The van der Waals surface area contributed by atoms with E-state index >= 15 is 0 Å². The first-order chi connectivity index (χ1) is 12.6. The van der Waals surface area contributed by atoms with E-state index in [1.54, 1.807) is 0 Å². The molecule has 0 aliphatic heterocycles. The summed E-state index contributed by atoms with van der Waals surface area (Å²) in [6.45, 7) is 0. The van der Waals surface area contributed by atoms with Gasteiger partial charge in [-0.05, 0) is 60.6 Å². The van der Waals surface area contributed by atoms with Gasteiger partial charge in [0.05, 0.1) is 5.52 Å². The number of fused-ring (bicyclic) bond motifs is 1. The summed E-state index contributed by atoms with van der Waals surface area (Å²) < 4.78 is 0.934. The molecule has 2 aliphatic rings. The van der Waals surface area contributed by atoms with Crippen molar-refractivity contribution in [3.05, 3.63) is 81.0 Å². The molecule has 1 heterocycles. The van der Waals surface area contributed by atoms with Crippen LogP contribution in [-0.4, -0.2) is 10.1 Å². The molecule has 1 atom stereocenters. The van der Waals surface area contributed by atoms with Gasteiger partial charge >= 0.3 is 0 Å². The molecule has 4 rings (SSSR count). The Bertz CT molecular complexity index is 987. The zero-order valence-corrected chi connectivity index (χ0v) is 16.6. The maximum Gasteiger partial charge on any atom is 0.130 e. The van der Waals surface area contributed by atoms with Crippen molar-refractivity contribution in [2.24, 2.45) is 0 Å². The number of aromatic nitrogens is 1. The number of rotatable bonds is 3. The number of halogens is 2. The van der Waals surface area contributed by atoms with Crippen LogP contribution in [0.5, 0.6) is 0 Å². The van der Waals surface area contributed by atoms with Gasteiger partial charge in [0.2, 0.25) is 0 Å². The van der Waals surface area contributed by atoms with Gasteiger partial charge in [-0.3, -0.25) is 0 Å². The van der Waals surface area contributed by atoms with E-state index in [2.05, 4.69) is 51.3 Å². The Labute approximate surface area is 166 Å². The molecule has 2 nitrogen and oxygen atoms in total. The van der Waals surface area contributed by atoms with Crippen LogP contribution in [0.1, 0.15) is 42.9 Å². The van der Waals surface area contributed by atoms with Crippen LogP contribution >= 0.6 is 27.5 Å². The standard InChI is InChI=1S/C22H19BrClNO/c23-16-11-18-17(14-7-3-1-4-8-14)13-20(24)25-21(18)19(12-16)22(26)15-9-5-2-6-10-15/h1-3,5,7,9,11-13,22,26H,4,6,8,10H2. The molecule has 0 fully saturated rings. The van der Waals surface area contributed by atoms with Gasteiger partial charge in [-0.15, -0.1) is 0 Å². The van der Waals surface area contributed by atoms with Crippen LogP contribution in [0.25, 0.3) is 16.5 Å². The maximum absolute atomic E-state index is 11.0. The first-order valence-electron chi connectivity index (χ1n) is 8.83. The van der Waals surface area contributed by atoms with Gasteiger partial charge in [0, 0.05) is 15.4 Å². The Morgan fingerprint density at radius 1 is 1.04 bits per heavy atom. The molecule has 1 unspecified atom stereocenters. The fourth-order valence-electron chi connectivity index (χ4n) is 3.64. The second-order valence-electron chi connectivity index (χ2n) is 6.65. The second-order valence-corrected chi connectivity index (χ2v) is 7.96. The van der Waals surface area contributed by atoms with Gasteiger partial charge in [-0.1, -0.05) is 64.0 Å². The van der Waals surface area contributed by atoms with Crippen molar-refractivity contribution < 1.29 is 5.11 Å². The fourth-order valence-corrected chi connectivity index (χ4v) is 4.31. The number of hydrogen-bond acceptors (Lipinski definition) is 2. The Morgan fingerprint density at radius 2 is 1.81 bits per heavy atom. The summed E-state index contributed by atoms with van der Waals surface area (Å²) in [5.41, 5.74) is 4.92. The molecule has 1 aromatic heterocycles. The van der Waals surface area contributed by atoms with E-state index in [0.29, 0.717) is 5.15 Å². The summed E-state index contributed by atoms with van der Waals surface area (Å²) in [6.07, 6.45) is 15.7. The Balaban J connectivity index is 1.93. The van der Waals surface area contributed by atoms with Crippen molar-refractivity contribution in [2.75, 3.05) is 0 Å². The largest absolute Gasteiger partial charge is 0.384 e. The lowest BCUT2D eigenvalue weighted by molar-refractivity contribution is 0.212. The predicted molar refractivity (Wildman–Crippen MR) is 112 cm³/mol. The molecule has 2 aliphatic carbocycles. The molecule has 1 aromatic carbocycles. The van der Waals surface area contributed by atoms with E-state index < -0.39 is 6.10 Å². The molecule has 0 bridgehead atoms. The Kier molecular flexibility index (Phi) is 5.12. The van der Waals surface area contributed by atoms with Crippen molar-refractivity contribution in [1.82, 2.24) is 4.98 Å². The average Bonchev–Trinajstić information content (AvgIpc) is 2.68. The quantitative estimate of drug-likeness (QED) is 0.552. The van der Waals surface area contributed by atoms with Crippen LogP contribution in [0, 0.1) is 0 Å². The third-order valence-corrected chi connectivity index (χ3v) is 5.58. The smallest absolute Gasteiger partial charge is 0.130 e. The number of hydrogen-bond donors (Lipinski definition) is 1. The summed E-state index contributed by atoms with van der Waals surface area (Å²) in [5, 5.41) is 12.5. The number of nitrogens with zero attached hydrogens (tertiary/aromatic N) is 1. The second kappa shape index (κ2) is 7.51.